The third-order valence-corrected chi connectivity index (χ3v) is 6.47. The minimum atomic E-state index is -0.209. The van der Waals surface area contributed by atoms with Gasteiger partial charge in [-0.25, -0.2) is 9.97 Å². The number of carbonyl (C=O) groups is 2. The summed E-state index contributed by atoms with van der Waals surface area (Å²) in [6, 6.07) is 7.28. The molecule has 172 valence electrons. The van der Waals surface area contributed by atoms with Gasteiger partial charge in [-0.1, -0.05) is 0 Å². The van der Waals surface area contributed by atoms with Crippen molar-refractivity contribution in [1.82, 2.24) is 19.8 Å². The van der Waals surface area contributed by atoms with Gasteiger partial charge in [-0.05, 0) is 57.4 Å². The molecule has 0 bridgehead atoms. The highest BCUT2D eigenvalue weighted by Crippen LogP contribution is 2.31. The van der Waals surface area contributed by atoms with Crippen LogP contribution in [0.15, 0.2) is 34.9 Å². The van der Waals surface area contributed by atoms with Crippen LogP contribution in [0.3, 0.4) is 0 Å². The number of amides is 2. The van der Waals surface area contributed by atoms with Crippen LogP contribution >= 0.6 is 0 Å². The number of morpholine rings is 1. The summed E-state index contributed by atoms with van der Waals surface area (Å²) in [5, 5.41) is 0.921. The molecule has 1 atom stereocenters. The second kappa shape index (κ2) is 8.94. The van der Waals surface area contributed by atoms with E-state index in [4.69, 9.17) is 14.1 Å². The second-order valence-electron chi connectivity index (χ2n) is 8.75. The van der Waals surface area contributed by atoms with Crippen molar-refractivity contribution in [3.63, 3.8) is 0 Å². The number of fused-ring (bicyclic) bond motifs is 1. The number of ether oxygens (including phenoxy) is 1. The first-order valence-electron chi connectivity index (χ1n) is 11.5. The van der Waals surface area contributed by atoms with Crippen LogP contribution in [0.2, 0.25) is 0 Å². The van der Waals surface area contributed by atoms with Gasteiger partial charge in [0.05, 0.1) is 30.5 Å². The van der Waals surface area contributed by atoms with Crippen molar-refractivity contribution in [1.29, 1.82) is 0 Å². The van der Waals surface area contributed by atoms with Gasteiger partial charge in [-0.2, -0.15) is 0 Å². The number of aryl methyl sites for hydroxylation is 2. The number of piperidine rings is 1. The van der Waals surface area contributed by atoms with E-state index in [0.29, 0.717) is 55.5 Å². The summed E-state index contributed by atoms with van der Waals surface area (Å²) in [7, 11) is 0. The molecule has 0 aliphatic carbocycles. The largest absolute Gasteiger partial charge is 0.461 e. The highest BCUT2D eigenvalue weighted by molar-refractivity contribution is 5.98. The van der Waals surface area contributed by atoms with Crippen molar-refractivity contribution in [2.75, 3.05) is 32.8 Å². The topological polar surface area (TPSA) is 88.8 Å². The minimum absolute atomic E-state index is 0.0322. The number of furan rings is 1. The van der Waals surface area contributed by atoms with Gasteiger partial charge >= 0.3 is 0 Å². The quantitative estimate of drug-likeness (QED) is 0.607. The first kappa shape index (κ1) is 21.6. The molecule has 0 N–H and O–H groups in total. The van der Waals surface area contributed by atoms with E-state index in [0.717, 1.165) is 36.0 Å². The molecule has 0 saturated carbocycles. The Balaban J connectivity index is 1.40. The second-order valence-corrected chi connectivity index (χ2v) is 8.75. The lowest BCUT2D eigenvalue weighted by Gasteiger charge is -2.35. The van der Waals surface area contributed by atoms with E-state index in [-0.39, 0.29) is 17.9 Å². The smallest absolute Gasteiger partial charge is 0.257 e. The fourth-order valence-corrected chi connectivity index (χ4v) is 4.71. The van der Waals surface area contributed by atoms with Crippen LogP contribution in [0.5, 0.6) is 0 Å². The lowest BCUT2D eigenvalue weighted by atomic mass is 9.99. The van der Waals surface area contributed by atoms with Crippen molar-refractivity contribution in [2.45, 2.75) is 39.2 Å². The molecule has 0 radical (unpaired) electrons. The molecule has 5 rings (SSSR count). The number of nitrogens with zero attached hydrogens (tertiary/aromatic N) is 4. The number of carbonyl (C=O) groups excluding carboxylic acids is 2. The van der Waals surface area contributed by atoms with Gasteiger partial charge < -0.3 is 19.0 Å². The summed E-state index contributed by atoms with van der Waals surface area (Å²) >= 11 is 0. The summed E-state index contributed by atoms with van der Waals surface area (Å²) in [5.74, 6) is 1.32. The predicted molar refractivity (Wildman–Crippen MR) is 122 cm³/mol. The number of benzene rings is 1. The number of aromatic nitrogens is 2. The summed E-state index contributed by atoms with van der Waals surface area (Å²) in [4.78, 5) is 39.3. The minimum Gasteiger partial charge on any atom is -0.461 e. The highest BCUT2D eigenvalue weighted by atomic mass is 16.5. The van der Waals surface area contributed by atoms with Crippen molar-refractivity contribution >= 4 is 22.8 Å². The molecule has 2 aliphatic rings. The molecule has 2 saturated heterocycles. The Hall–Kier alpha value is -3.26. The molecule has 0 spiro atoms. The zero-order chi connectivity index (χ0) is 22.9. The van der Waals surface area contributed by atoms with Crippen molar-refractivity contribution in [3.8, 4) is 0 Å². The Morgan fingerprint density at radius 2 is 1.85 bits per heavy atom. The zero-order valence-corrected chi connectivity index (χ0v) is 19.0. The molecule has 2 amide bonds. The molecular weight excluding hydrogens is 420 g/mol. The van der Waals surface area contributed by atoms with E-state index >= 15 is 0 Å². The van der Waals surface area contributed by atoms with E-state index in [9.17, 15) is 9.59 Å². The van der Waals surface area contributed by atoms with Crippen LogP contribution in [0.4, 0.5) is 0 Å². The number of hydrogen-bond acceptors (Lipinski definition) is 6. The van der Waals surface area contributed by atoms with E-state index in [1.807, 2.05) is 43.0 Å². The average molecular weight is 449 g/mol. The molecule has 8 heteroatoms. The van der Waals surface area contributed by atoms with E-state index in [1.165, 1.54) is 0 Å². The SMILES string of the molecule is Cc1cc2cc(C(=O)N3CCCC[C@H]3c3ncc(C(=O)N4CCOCC4)c(C)n3)ccc2o1. The van der Waals surface area contributed by atoms with Crippen LogP contribution in [-0.4, -0.2) is 64.4 Å². The molecular formula is C25H28N4O4. The van der Waals surface area contributed by atoms with Gasteiger partial charge in [0.15, 0.2) is 5.82 Å². The van der Waals surface area contributed by atoms with Crippen molar-refractivity contribution in [3.05, 3.63) is 58.9 Å². The normalized spacial score (nSPS) is 19.2. The van der Waals surface area contributed by atoms with Crippen LogP contribution in [0.25, 0.3) is 11.0 Å². The maximum absolute atomic E-state index is 13.5. The van der Waals surface area contributed by atoms with Crippen LogP contribution in [-0.2, 0) is 4.74 Å². The third kappa shape index (κ3) is 4.23. The lowest BCUT2D eigenvalue weighted by molar-refractivity contribution is 0.0301. The Morgan fingerprint density at radius 1 is 1.03 bits per heavy atom. The predicted octanol–water partition coefficient (Wildman–Crippen LogP) is 3.68. The first-order chi connectivity index (χ1) is 16.0. The standard InChI is InChI=1S/C25H28N4O4/c1-16-13-19-14-18(6-7-22(19)33-16)24(30)29-8-4-3-5-21(29)23-26-15-20(17(2)27-23)25(31)28-9-11-32-12-10-28/h6-7,13-15,21H,3-5,8-12H2,1-2H3/t21-/m0/s1. The maximum Gasteiger partial charge on any atom is 0.257 e. The molecule has 8 nitrogen and oxygen atoms in total. The number of rotatable bonds is 3. The summed E-state index contributed by atoms with van der Waals surface area (Å²) < 4.78 is 11.0. The Kier molecular flexibility index (Phi) is 5.85. The van der Waals surface area contributed by atoms with Crippen LogP contribution in [0, 0.1) is 13.8 Å². The van der Waals surface area contributed by atoms with Gasteiger partial charge in [-0.15, -0.1) is 0 Å². The van der Waals surface area contributed by atoms with E-state index in [1.54, 1.807) is 11.1 Å². The first-order valence-corrected chi connectivity index (χ1v) is 11.5. The summed E-state index contributed by atoms with van der Waals surface area (Å²) in [5.41, 5.74) is 2.56. The van der Waals surface area contributed by atoms with Crippen LogP contribution in [0.1, 0.15) is 63.3 Å². The fraction of sp³-hybridized carbons (Fsp3) is 0.440. The third-order valence-electron chi connectivity index (χ3n) is 6.47. The van der Waals surface area contributed by atoms with E-state index < -0.39 is 0 Å². The van der Waals surface area contributed by atoms with Gasteiger partial charge in [0.25, 0.3) is 11.8 Å². The van der Waals surface area contributed by atoms with Crippen molar-refractivity contribution in [2.24, 2.45) is 0 Å². The summed E-state index contributed by atoms with van der Waals surface area (Å²) in [6.45, 7) is 6.64. The van der Waals surface area contributed by atoms with Crippen LogP contribution < -0.4 is 0 Å². The van der Waals surface area contributed by atoms with Gasteiger partial charge in [-0.3, -0.25) is 9.59 Å². The Bertz CT molecular complexity index is 1200. The molecule has 1 aromatic carbocycles. The van der Waals surface area contributed by atoms with Gasteiger partial charge in [0.2, 0.25) is 0 Å². The Morgan fingerprint density at radius 3 is 2.64 bits per heavy atom. The molecule has 4 heterocycles. The molecule has 2 aliphatic heterocycles. The molecule has 0 unspecified atom stereocenters. The van der Waals surface area contributed by atoms with Gasteiger partial charge in [0, 0.05) is 36.8 Å². The number of likely N-dealkylation sites (tertiary alicyclic amines) is 1. The average Bonchev–Trinajstić information content (AvgIpc) is 3.23. The fourth-order valence-electron chi connectivity index (χ4n) is 4.71. The van der Waals surface area contributed by atoms with Gasteiger partial charge in [0.1, 0.15) is 11.3 Å². The molecule has 2 aromatic heterocycles. The maximum atomic E-state index is 13.5. The number of hydrogen-bond donors (Lipinski definition) is 0. The van der Waals surface area contributed by atoms with Crippen molar-refractivity contribution < 1.29 is 18.7 Å². The molecule has 2 fully saturated rings. The Labute approximate surface area is 192 Å². The highest BCUT2D eigenvalue weighted by Gasteiger charge is 2.32. The lowest BCUT2D eigenvalue weighted by Crippen LogP contribution is -2.41. The monoisotopic (exact) mass is 448 g/mol. The zero-order valence-electron chi connectivity index (χ0n) is 19.0. The molecule has 33 heavy (non-hydrogen) atoms. The molecule has 3 aromatic rings. The van der Waals surface area contributed by atoms with E-state index in [2.05, 4.69) is 4.98 Å². The summed E-state index contributed by atoms with van der Waals surface area (Å²) in [6.07, 6.45) is 4.37.